The van der Waals surface area contributed by atoms with Gasteiger partial charge in [0.2, 0.25) is 6.34 Å². The summed E-state index contributed by atoms with van der Waals surface area (Å²) in [5, 5.41) is 10.00. The summed E-state index contributed by atoms with van der Waals surface area (Å²) in [5.41, 5.74) is 7.64. The molecule has 2 aromatic carbocycles. The van der Waals surface area contributed by atoms with Crippen molar-refractivity contribution in [3.63, 3.8) is 0 Å². The van der Waals surface area contributed by atoms with Crippen LogP contribution in [0.4, 0.5) is 11.4 Å². The fourth-order valence-corrected chi connectivity index (χ4v) is 3.98. The van der Waals surface area contributed by atoms with Crippen LogP contribution in [0.25, 0.3) is 0 Å². The fraction of sp³-hybridized carbons (Fsp3) is 0.409. The molecule has 3 nitrogen and oxygen atoms in total. The van der Waals surface area contributed by atoms with Gasteiger partial charge < -0.3 is 5.11 Å². The number of benzene rings is 2. The van der Waals surface area contributed by atoms with Gasteiger partial charge in [-0.2, -0.15) is 0 Å². The molecule has 3 heteroatoms. The first-order valence-electron chi connectivity index (χ1n) is 9.09. The molecule has 0 bridgehead atoms. The van der Waals surface area contributed by atoms with Crippen LogP contribution in [0.1, 0.15) is 36.1 Å². The Morgan fingerprint density at radius 3 is 2.32 bits per heavy atom. The van der Waals surface area contributed by atoms with Crippen molar-refractivity contribution in [3.8, 4) is 0 Å². The molecule has 1 aliphatic heterocycles. The SMILES string of the molecule is Cc1cc(C)c(N2C=[N+](C(CO)C(C)C)c3ccccc3C2)c(C)c1. The molecule has 0 radical (unpaired) electrons. The zero-order valence-electron chi connectivity index (χ0n) is 16.0. The summed E-state index contributed by atoms with van der Waals surface area (Å²) in [6, 6.07) is 13.1. The molecule has 0 aliphatic carbocycles. The highest BCUT2D eigenvalue weighted by molar-refractivity contribution is 5.82. The number of aliphatic hydroxyl groups is 1. The molecular formula is C22H29N2O+. The maximum Gasteiger partial charge on any atom is 0.245 e. The maximum atomic E-state index is 10.00. The van der Waals surface area contributed by atoms with E-state index in [9.17, 15) is 5.11 Å². The highest BCUT2D eigenvalue weighted by atomic mass is 16.3. The summed E-state index contributed by atoms with van der Waals surface area (Å²) in [4.78, 5) is 2.33. The average molecular weight is 337 g/mol. The molecular weight excluding hydrogens is 308 g/mol. The second-order valence-corrected chi connectivity index (χ2v) is 7.52. The first-order chi connectivity index (χ1) is 11.9. The summed E-state index contributed by atoms with van der Waals surface area (Å²) in [6.07, 6.45) is 2.19. The number of hydrogen-bond donors (Lipinski definition) is 1. The van der Waals surface area contributed by atoms with Crippen molar-refractivity contribution >= 4 is 17.7 Å². The molecule has 0 aromatic heterocycles. The van der Waals surface area contributed by atoms with E-state index >= 15 is 0 Å². The lowest BCUT2D eigenvalue weighted by atomic mass is 10.00. The van der Waals surface area contributed by atoms with Gasteiger partial charge >= 0.3 is 0 Å². The van der Waals surface area contributed by atoms with Crippen LogP contribution < -0.4 is 4.90 Å². The number of hydrogen-bond acceptors (Lipinski definition) is 2. The first kappa shape index (κ1) is 17.7. The molecule has 2 aromatic rings. The van der Waals surface area contributed by atoms with E-state index in [1.807, 2.05) is 0 Å². The Morgan fingerprint density at radius 2 is 1.72 bits per heavy atom. The van der Waals surface area contributed by atoms with Crippen molar-refractivity contribution in [3.05, 3.63) is 58.7 Å². The van der Waals surface area contributed by atoms with Crippen molar-refractivity contribution in [1.82, 2.24) is 0 Å². The molecule has 25 heavy (non-hydrogen) atoms. The molecule has 1 atom stereocenters. The molecule has 1 N–H and O–H groups in total. The van der Waals surface area contributed by atoms with Crippen molar-refractivity contribution < 1.29 is 9.68 Å². The molecule has 132 valence electrons. The highest BCUT2D eigenvalue weighted by Crippen LogP contribution is 2.33. The quantitative estimate of drug-likeness (QED) is 0.841. The summed E-state index contributed by atoms with van der Waals surface area (Å²) < 4.78 is 2.25. The molecule has 1 heterocycles. The Balaban J connectivity index is 2.15. The second kappa shape index (κ2) is 7.01. The topological polar surface area (TPSA) is 26.5 Å². The van der Waals surface area contributed by atoms with E-state index < -0.39 is 0 Å². The van der Waals surface area contributed by atoms with Crippen LogP contribution in [0, 0.1) is 26.7 Å². The Labute approximate surface area is 151 Å². The third-order valence-corrected chi connectivity index (χ3v) is 5.11. The van der Waals surface area contributed by atoms with Gasteiger partial charge in [-0.3, -0.25) is 0 Å². The standard InChI is InChI=1S/C22H29N2O/c1-15(2)21(13-25)24-14-23(12-19-8-6-7-9-20(19)24)22-17(4)10-16(3)11-18(22)5/h6-11,14-15,21,25H,12-13H2,1-5H3/q+1. The third-order valence-electron chi connectivity index (χ3n) is 5.11. The van der Waals surface area contributed by atoms with Crippen molar-refractivity contribution in [2.24, 2.45) is 5.92 Å². The molecule has 3 rings (SSSR count). The Morgan fingerprint density at radius 1 is 1.08 bits per heavy atom. The van der Waals surface area contributed by atoms with Crippen LogP contribution in [-0.4, -0.2) is 28.7 Å². The predicted octanol–water partition coefficient (Wildman–Crippen LogP) is 4.32. The number of aliphatic hydroxyl groups excluding tert-OH is 1. The van der Waals surface area contributed by atoms with Gasteiger partial charge in [0.05, 0.1) is 6.61 Å². The van der Waals surface area contributed by atoms with E-state index in [1.165, 1.54) is 33.6 Å². The predicted molar refractivity (Wildman–Crippen MR) is 105 cm³/mol. The largest absolute Gasteiger partial charge is 0.392 e. The minimum atomic E-state index is 0.0648. The second-order valence-electron chi connectivity index (χ2n) is 7.52. The Hall–Kier alpha value is -2.13. The first-order valence-corrected chi connectivity index (χ1v) is 9.09. The highest BCUT2D eigenvalue weighted by Gasteiger charge is 2.31. The van der Waals surface area contributed by atoms with Crippen molar-refractivity contribution in [2.45, 2.75) is 47.2 Å². The molecule has 0 amide bonds. The van der Waals surface area contributed by atoms with Crippen LogP contribution in [0.5, 0.6) is 0 Å². The summed E-state index contributed by atoms with van der Waals surface area (Å²) >= 11 is 0. The molecule has 0 spiro atoms. The number of anilines is 1. The lowest BCUT2D eigenvalue weighted by Gasteiger charge is -2.29. The third kappa shape index (κ3) is 3.34. The molecule has 1 aliphatic rings. The van der Waals surface area contributed by atoms with Gasteiger partial charge in [0.1, 0.15) is 24.0 Å². The molecule has 0 saturated carbocycles. The van der Waals surface area contributed by atoms with E-state index in [4.69, 9.17) is 0 Å². The molecule has 1 unspecified atom stereocenters. The van der Waals surface area contributed by atoms with E-state index in [2.05, 4.69) is 86.8 Å². The van der Waals surface area contributed by atoms with Gasteiger partial charge in [-0.1, -0.05) is 49.7 Å². The average Bonchev–Trinajstić information content (AvgIpc) is 2.54. The lowest BCUT2D eigenvalue weighted by Crippen LogP contribution is -2.40. The van der Waals surface area contributed by atoms with Crippen LogP contribution in [0.2, 0.25) is 0 Å². The number of fused-ring (bicyclic) bond motifs is 1. The minimum absolute atomic E-state index is 0.0648. The Kier molecular flexibility index (Phi) is 4.96. The van der Waals surface area contributed by atoms with Gasteiger partial charge in [-0.25, -0.2) is 9.48 Å². The molecule has 0 fully saturated rings. The normalized spacial score (nSPS) is 15.2. The van der Waals surface area contributed by atoms with Gasteiger partial charge in [-0.15, -0.1) is 0 Å². The van der Waals surface area contributed by atoms with E-state index in [1.54, 1.807) is 0 Å². The van der Waals surface area contributed by atoms with E-state index in [0.29, 0.717) is 5.92 Å². The van der Waals surface area contributed by atoms with Crippen molar-refractivity contribution in [1.29, 1.82) is 0 Å². The van der Waals surface area contributed by atoms with Crippen LogP contribution in [0.15, 0.2) is 36.4 Å². The van der Waals surface area contributed by atoms with E-state index in [0.717, 1.165) is 6.54 Å². The van der Waals surface area contributed by atoms with Crippen LogP contribution in [-0.2, 0) is 6.54 Å². The Bertz CT molecular complexity index is 784. The van der Waals surface area contributed by atoms with E-state index in [-0.39, 0.29) is 12.6 Å². The summed E-state index contributed by atoms with van der Waals surface area (Å²) in [5.74, 6) is 0.356. The van der Waals surface area contributed by atoms with Crippen LogP contribution >= 0.6 is 0 Å². The maximum absolute atomic E-state index is 10.00. The zero-order valence-corrected chi connectivity index (χ0v) is 16.0. The summed E-state index contributed by atoms with van der Waals surface area (Å²) in [6.45, 7) is 11.8. The summed E-state index contributed by atoms with van der Waals surface area (Å²) in [7, 11) is 0. The number of rotatable bonds is 4. The minimum Gasteiger partial charge on any atom is -0.392 e. The number of nitrogens with zero attached hydrogens (tertiary/aromatic N) is 2. The smallest absolute Gasteiger partial charge is 0.245 e. The monoisotopic (exact) mass is 337 g/mol. The van der Waals surface area contributed by atoms with Gasteiger partial charge in [-0.05, 0) is 43.9 Å². The zero-order chi connectivity index (χ0) is 18.1. The van der Waals surface area contributed by atoms with Crippen LogP contribution in [0.3, 0.4) is 0 Å². The number of para-hydroxylation sites is 1. The molecule has 0 saturated heterocycles. The lowest BCUT2D eigenvalue weighted by molar-refractivity contribution is -0.496. The van der Waals surface area contributed by atoms with Gasteiger partial charge in [0.25, 0.3) is 0 Å². The van der Waals surface area contributed by atoms with Gasteiger partial charge in [0, 0.05) is 5.56 Å². The van der Waals surface area contributed by atoms with Crippen molar-refractivity contribution in [2.75, 3.05) is 11.5 Å². The van der Waals surface area contributed by atoms with Gasteiger partial charge in [0.15, 0.2) is 0 Å². The number of aryl methyl sites for hydroxylation is 3. The fourth-order valence-electron chi connectivity index (χ4n) is 3.98.